The molecule has 166 valence electrons. The number of aromatic amines is 1. The minimum absolute atomic E-state index is 0.00299. The van der Waals surface area contributed by atoms with Crippen molar-refractivity contribution in [2.45, 2.75) is 44.7 Å². The number of benzene rings is 2. The standard InChI is InChI=1S/C26H29N3O3/c1-3-4-7-13-28-16-23(30)29-22(26(28)31)15-20-19-11-5-6-12-21(19)27-24(20)25(29)17-9-8-10-18(14-17)32-2/h5-6,8-12,14,22,25,27H,3-4,7,13,15-16H2,1-2H3/t22-,25?/m0/s1. The Balaban J connectivity index is 1.62. The van der Waals surface area contributed by atoms with Crippen LogP contribution < -0.4 is 4.74 Å². The molecule has 1 aromatic heterocycles. The molecule has 2 aromatic carbocycles. The van der Waals surface area contributed by atoms with Crippen LogP contribution in [0.15, 0.2) is 48.5 Å². The molecular weight excluding hydrogens is 402 g/mol. The van der Waals surface area contributed by atoms with E-state index in [2.05, 4.69) is 24.0 Å². The summed E-state index contributed by atoms with van der Waals surface area (Å²) in [5.41, 5.74) is 4.11. The van der Waals surface area contributed by atoms with Crippen LogP contribution in [0.4, 0.5) is 0 Å². The average molecular weight is 432 g/mol. The van der Waals surface area contributed by atoms with Crippen molar-refractivity contribution >= 4 is 22.7 Å². The zero-order valence-electron chi connectivity index (χ0n) is 18.6. The number of hydrogen-bond acceptors (Lipinski definition) is 3. The minimum Gasteiger partial charge on any atom is -0.497 e. The number of amides is 2. The number of nitrogens with one attached hydrogen (secondary N) is 1. The summed E-state index contributed by atoms with van der Waals surface area (Å²) in [5, 5.41) is 1.12. The van der Waals surface area contributed by atoms with Gasteiger partial charge in [0.1, 0.15) is 11.8 Å². The number of unbranched alkanes of at least 4 members (excludes halogenated alkanes) is 2. The van der Waals surface area contributed by atoms with E-state index in [-0.39, 0.29) is 24.4 Å². The first-order chi connectivity index (χ1) is 15.6. The van der Waals surface area contributed by atoms with Crippen molar-refractivity contribution in [3.05, 3.63) is 65.4 Å². The normalized spacial score (nSPS) is 20.4. The van der Waals surface area contributed by atoms with E-state index in [4.69, 9.17) is 4.74 Å². The van der Waals surface area contributed by atoms with Gasteiger partial charge in [-0.15, -0.1) is 0 Å². The molecule has 6 heteroatoms. The third kappa shape index (κ3) is 3.34. The molecule has 1 fully saturated rings. The molecule has 1 saturated heterocycles. The second-order valence-corrected chi connectivity index (χ2v) is 8.73. The van der Waals surface area contributed by atoms with Gasteiger partial charge < -0.3 is 19.5 Å². The van der Waals surface area contributed by atoms with E-state index in [9.17, 15) is 9.59 Å². The van der Waals surface area contributed by atoms with Crippen LogP contribution in [0.25, 0.3) is 10.9 Å². The number of ether oxygens (including phenoxy) is 1. The lowest BCUT2D eigenvalue weighted by atomic mass is 9.86. The van der Waals surface area contributed by atoms with Gasteiger partial charge in [0.05, 0.1) is 19.7 Å². The molecule has 0 radical (unpaired) electrons. The van der Waals surface area contributed by atoms with Crippen molar-refractivity contribution in [1.82, 2.24) is 14.8 Å². The molecule has 3 aromatic rings. The Labute approximate surface area is 188 Å². The van der Waals surface area contributed by atoms with Gasteiger partial charge in [-0.05, 0) is 35.7 Å². The highest BCUT2D eigenvalue weighted by Gasteiger charge is 2.48. The van der Waals surface area contributed by atoms with Gasteiger partial charge in [0, 0.05) is 29.6 Å². The number of piperazine rings is 1. The monoisotopic (exact) mass is 431 g/mol. The van der Waals surface area contributed by atoms with Crippen molar-refractivity contribution in [3.8, 4) is 5.75 Å². The maximum atomic E-state index is 13.6. The second kappa shape index (κ2) is 8.34. The maximum Gasteiger partial charge on any atom is 0.246 e. The first-order valence-corrected chi connectivity index (χ1v) is 11.5. The SMILES string of the molecule is CCCCCN1CC(=O)N2C(c3cccc(OC)c3)c3[nH]c4ccccc4c3C[C@H]2C1=O. The number of rotatable bonds is 6. The smallest absolute Gasteiger partial charge is 0.246 e. The van der Waals surface area contributed by atoms with Gasteiger partial charge in [0.15, 0.2) is 0 Å². The number of nitrogens with zero attached hydrogens (tertiary/aromatic N) is 2. The number of H-pyrrole nitrogens is 1. The highest BCUT2D eigenvalue weighted by atomic mass is 16.5. The van der Waals surface area contributed by atoms with Gasteiger partial charge in [-0.3, -0.25) is 9.59 Å². The van der Waals surface area contributed by atoms with Crippen LogP contribution in [0.5, 0.6) is 5.75 Å². The highest BCUT2D eigenvalue weighted by molar-refractivity contribution is 5.97. The van der Waals surface area contributed by atoms with Gasteiger partial charge in [0.25, 0.3) is 0 Å². The number of para-hydroxylation sites is 1. The Morgan fingerprint density at radius 2 is 1.94 bits per heavy atom. The minimum atomic E-state index is -0.485. The van der Waals surface area contributed by atoms with Gasteiger partial charge >= 0.3 is 0 Å². The van der Waals surface area contributed by atoms with Gasteiger partial charge in [-0.2, -0.15) is 0 Å². The summed E-state index contributed by atoms with van der Waals surface area (Å²) in [4.78, 5) is 34.2. The Bertz CT molecular complexity index is 1170. The molecule has 2 amide bonds. The Morgan fingerprint density at radius 1 is 1.09 bits per heavy atom. The van der Waals surface area contributed by atoms with Crippen molar-refractivity contribution in [2.75, 3.05) is 20.2 Å². The van der Waals surface area contributed by atoms with Gasteiger partial charge in [-0.25, -0.2) is 0 Å². The zero-order valence-corrected chi connectivity index (χ0v) is 18.6. The first-order valence-electron chi connectivity index (χ1n) is 11.5. The molecule has 0 aliphatic carbocycles. The van der Waals surface area contributed by atoms with E-state index in [1.165, 1.54) is 0 Å². The fraction of sp³-hybridized carbons (Fsp3) is 0.385. The van der Waals surface area contributed by atoms with E-state index < -0.39 is 6.04 Å². The summed E-state index contributed by atoms with van der Waals surface area (Å²) >= 11 is 0. The molecule has 2 atom stereocenters. The zero-order chi connectivity index (χ0) is 22.2. The molecule has 0 spiro atoms. The van der Waals surface area contributed by atoms with Crippen LogP contribution in [0.2, 0.25) is 0 Å². The number of carbonyl (C=O) groups excluding carboxylic acids is 2. The summed E-state index contributed by atoms with van der Waals surface area (Å²) in [7, 11) is 1.64. The number of methoxy groups -OCH3 is 1. The molecule has 6 nitrogen and oxygen atoms in total. The second-order valence-electron chi connectivity index (χ2n) is 8.73. The maximum absolute atomic E-state index is 13.6. The van der Waals surface area contributed by atoms with Gasteiger partial charge in [-0.1, -0.05) is 50.1 Å². The number of fused-ring (bicyclic) bond motifs is 4. The topological polar surface area (TPSA) is 65.6 Å². The van der Waals surface area contributed by atoms with Crippen LogP contribution in [0.1, 0.15) is 49.0 Å². The van der Waals surface area contributed by atoms with E-state index in [0.29, 0.717) is 13.0 Å². The molecule has 0 bridgehead atoms. The largest absolute Gasteiger partial charge is 0.497 e. The molecule has 2 aliphatic rings. The lowest BCUT2D eigenvalue weighted by Gasteiger charge is -2.47. The average Bonchev–Trinajstić information content (AvgIpc) is 3.19. The quantitative estimate of drug-likeness (QED) is 0.599. The molecule has 3 heterocycles. The van der Waals surface area contributed by atoms with Crippen LogP contribution in [0.3, 0.4) is 0 Å². The third-order valence-electron chi connectivity index (χ3n) is 6.78. The Hall–Kier alpha value is -3.28. The van der Waals surface area contributed by atoms with Crippen LogP contribution >= 0.6 is 0 Å². The van der Waals surface area contributed by atoms with Crippen LogP contribution in [-0.2, 0) is 16.0 Å². The summed E-state index contributed by atoms with van der Waals surface area (Å²) in [6.07, 6.45) is 3.61. The lowest BCUT2D eigenvalue weighted by Crippen LogP contribution is -2.63. The lowest BCUT2D eigenvalue weighted by molar-refractivity contribution is -0.158. The molecular formula is C26H29N3O3. The Kier molecular flexibility index (Phi) is 5.37. The van der Waals surface area contributed by atoms with E-state index in [1.54, 1.807) is 12.0 Å². The first kappa shape index (κ1) is 20.6. The number of carbonyl (C=O) groups is 2. The molecule has 0 saturated carbocycles. The number of hydrogen-bond donors (Lipinski definition) is 1. The molecule has 5 rings (SSSR count). The summed E-state index contributed by atoms with van der Waals surface area (Å²) in [6.45, 7) is 2.94. The fourth-order valence-electron chi connectivity index (χ4n) is 5.22. The van der Waals surface area contributed by atoms with Crippen molar-refractivity contribution in [3.63, 3.8) is 0 Å². The van der Waals surface area contributed by atoms with E-state index in [1.807, 2.05) is 41.3 Å². The van der Waals surface area contributed by atoms with Crippen molar-refractivity contribution in [1.29, 1.82) is 0 Å². The van der Waals surface area contributed by atoms with Gasteiger partial charge in [0.2, 0.25) is 11.8 Å². The number of aromatic nitrogens is 1. The van der Waals surface area contributed by atoms with Crippen molar-refractivity contribution < 1.29 is 14.3 Å². The predicted octanol–water partition coefficient (Wildman–Crippen LogP) is 4.05. The summed E-state index contributed by atoms with van der Waals surface area (Å²) in [5.74, 6) is 0.798. The summed E-state index contributed by atoms with van der Waals surface area (Å²) in [6, 6.07) is 15.2. The fourth-order valence-corrected chi connectivity index (χ4v) is 5.22. The van der Waals surface area contributed by atoms with E-state index >= 15 is 0 Å². The molecule has 1 N–H and O–H groups in total. The predicted molar refractivity (Wildman–Crippen MR) is 124 cm³/mol. The Morgan fingerprint density at radius 3 is 2.75 bits per heavy atom. The van der Waals surface area contributed by atoms with Crippen LogP contribution in [-0.4, -0.2) is 52.8 Å². The van der Waals surface area contributed by atoms with E-state index in [0.717, 1.165) is 52.7 Å². The summed E-state index contributed by atoms with van der Waals surface area (Å²) < 4.78 is 5.46. The molecule has 32 heavy (non-hydrogen) atoms. The molecule has 1 unspecified atom stereocenters. The third-order valence-corrected chi connectivity index (χ3v) is 6.78. The molecule has 2 aliphatic heterocycles. The van der Waals surface area contributed by atoms with Crippen LogP contribution in [0, 0.1) is 0 Å². The highest BCUT2D eigenvalue weighted by Crippen LogP contribution is 2.43. The van der Waals surface area contributed by atoms with Crippen molar-refractivity contribution in [2.24, 2.45) is 0 Å².